The average Bonchev–Trinajstić information content (AvgIpc) is 3.11. The van der Waals surface area contributed by atoms with Gasteiger partial charge in [0, 0.05) is 35.4 Å². The van der Waals surface area contributed by atoms with E-state index in [1.165, 1.54) is 28.9 Å². The van der Waals surface area contributed by atoms with Crippen LogP contribution in [0.15, 0.2) is 53.4 Å². The van der Waals surface area contributed by atoms with Gasteiger partial charge in [0.15, 0.2) is 9.84 Å². The highest BCUT2D eigenvalue weighted by molar-refractivity contribution is 7.90. The summed E-state index contributed by atoms with van der Waals surface area (Å²) in [5.41, 5.74) is 0.00470. The highest BCUT2D eigenvalue weighted by Gasteiger charge is 2.23. The Hall–Kier alpha value is -3.60. The largest absolute Gasteiger partial charge is 0.306 e. The highest BCUT2D eigenvalue weighted by Crippen LogP contribution is 2.27. The quantitative estimate of drug-likeness (QED) is 0.455. The number of nitro benzene ring substituents is 1. The standard InChI is InChI=1S/C21H21FN4O5S/c1-21(2,3)18-12-19(25(24-18)15-7-5-14(22)6-8-15)23-20(27)13-9-16(26(28)29)11-17(10-13)32(4,30)31/h5-12H,1-4H3,(H,23,27). The van der Waals surface area contributed by atoms with Crippen molar-refractivity contribution in [2.45, 2.75) is 31.1 Å². The van der Waals surface area contributed by atoms with Crippen molar-refractivity contribution in [1.82, 2.24) is 9.78 Å². The Bertz CT molecular complexity index is 1310. The molecule has 1 N–H and O–H groups in total. The molecule has 0 atom stereocenters. The fraction of sp³-hybridized carbons (Fsp3) is 0.238. The molecule has 3 aromatic rings. The number of nitrogens with one attached hydrogen (secondary N) is 1. The summed E-state index contributed by atoms with van der Waals surface area (Å²) in [6.45, 7) is 5.78. The highest BCUT2D eigenvalue weighted by atomic mass is 32.2. The summed E-state index contributed by atoms with van der Waals surface area (Å²) in [4.78, 5) is 23.0. The number of carbonyl (C=O) groups is 1. The van der Waals surface area contributed by atoms with Gasteiger partial charge in [-0.1, -0.05) is 20.8 Å². The Labute approximate surface area is 183 Å². The summed E-state index contributed by atoms with van der Waals surface area (Å²) in [5, 5.41) is 18.4. The van der Waals surface area contributed by atoms with Crippen molar-refractivity contribution in [3.8, 4) is 5.69 Å². The zero-order valence-corrected chi connectivity index (χ0v) is 18.6. The van der Waals surface area contributed by atoms with Crippen LogP contribution in [0.2, 0.25) is 0 Å². The third-order valence-corrected chi connectivity index (χ3v) is 5.68. The Morgan fingerprint density at radius 3 is 2.28 bits per heavy atom. The minimum absolute atomic E-state index is 0.205. The average molecular weight is 460 g/mol. The van der Waals surface area contributed by atoms with Gasteiger partial charge < -0.3 is 5.32 Å². The number of nitro groups is 1. The van der Waals surface area contributed by atoms with Crippen LogP contribution in [0.25, 0.3) is 5.69 Å². The second kappa shape index (κ2) is 8.15. The molecule has 0 fully saturated rings. The number of halogens is 1. The molecule has 168 valence electrons. The first-order valence-corrected chi connectivity index (χ1v) is 11.3. The van der Waals surface area contributed by atoms with E-state index in [1.54, 1.807) is 6.07 Å². The molecule has 2 aromatic carbocycles. The van der Waals surface area contributed by atoms with Crippen LogP contribution in [-0.4, -0.2) is 35.3 Å². The maximum atomic E-state index is 13.4. The Morgan fingerprint density at radius 2 is 1.75 bits per heavy atom. The van der Waals surface area contributed by atoms with Crippen molar-refractivity contribution in [2.24, 2.45) is 0 Å². The molecule has 0 unspecified atom stereocenters. The molecule has 0 spiro atoms. The molecule has 32 heavy (non-hydrogen) atoms. The van der Waals surface area contributed by atoms with E-state index in [1.807, 2.05) is 20.8 Å². The van der Waals surface area contributed by atoms with E-state index in [0.29, 0.717) is 11.4 Å². The van der Waals surface area contributed by atoms with E-state index in [0.717, 1.165) is 24.5 Å². The van der Waals surface area contributed by atoms with Crippen molar-refractivity contribution in [3.05, 3.63) is 75.7 Å². The number of carbonyl (C=O) groups excluding carboxylic acids is 1. The molecule has 0 saturated heterocycles. The third-order valence-electron chi connectivity index (χ3n) is 4.58. The lowest BCUT2D eigenvalue weighted by molar-refractivity contribution is -0.385. The van der Waals surface area contributed by atoms with Gasteiger partial charge in [0.25, 0.3) is 11.6 Å². The Morgan fingerprint density at radius 1 is 1.12 bits per heavy atom. The van der Waals surface area contributed by atoms with Gasteiger partial charge in [0.05, 0.1) is 21.2 Å². The van der Waals surface area contributed by atoms with Gasteiger partial charge in [0.2, 0.25) is 0 Å². The van der Waals surface area contributed by atoms with Crippen molar-refractivity contribution < 1.29 is 22.5 Å². The van der Waals surface area contributed by atoms with Crippen LogP contribution in [0.3, 0.4) is 0 Å². The molecule has 11 heteroatoms. The molecule has 0 aliphatic heterocycles. The van der Waals surface area contributed by atoms with Crippen LogP contribution in [0, 0.1) is 15.9 Å². The van der Waals surface area contributed by atoms with Crippen molar-refractivity contribution >= 4 is 27.2 Å². The topological polar surface area (TPSA) is 124 Å². The van der Waals surface area contributed by atoms with Crippen LogP contribution in [0.4, 0.5) is 15.9 Å². The van der Waals surface area contributed by atoms with E-state index < -0.39 is 32.2 Å². The van der Waals surface area contributed by atoms with Crippen molar-refractivity contribution in [2.75, 3.05) is 11.6 Å². The number of rotatable bonds is 5. The number of anilines is 1. The number of amides is 1. The molecule has 0 bridgehead atoms. The van der Waals surface area contributed by atoms with E-state index in [2.05, 4.69) is 10.4 Å². The SMILES string of the molecule is CC(C)(C)c1cc(NC(=O)c2cc([N+](=O)[O-])cc(S(C)(=O)=O)c2)n(-c2ccc(F)cc2)n1. The summed E-state index contributed by atoms with van der Waals surface area (Å²) in [6.07, 6.45) is 0.896. The molecule has 3 rings (SSSR count). The van der Waals surface area contributed by atoms with Gasteiger partial charge in [0.1, 0.15) is 11.6 Å². The lowest BCUT2D eigenvalue weighted by Crippen LogP contribution is -2.16. The van der Waals surface area contributed by atoms with E-state index in [-0.39, 0.29) is 21.7 Å². The second-order valence-corrected chi connectivity index (χ2v) is 10.3. The van der Waals surface area contributed by atoms with Crippen LogP contribution < -0.4 is 5.32 Å². The molecule has 9 nitrogen and oxygen atoms in total. The minimum atomic E-state index is -3.80. The number of benzene rings is 2. The van der Waals surface area contributed by atoms with E-state index in [9.17, 15) is 27.7 Å². The molecule has 1 heterocycles. The number of sulfone groups is 1. The van der Waals surface area contributed by atoms with E-state index in [4.69, 9.17) is 0 Å². The molecule has 0 aliphatic rings. The second-order valence-electron chi connectivity index (χ2n) is 8.25. The third kappa shape index (κ3) is 4.99. The molecule has 0 saturated carbocycles. The number of hydrogen-bond donors (Lipinski definition) is 1. The molecule has 1 amide bonds. The molecular weight excluding hydrogens is 439 g/mol. The normalized spacial score (nSPS) is 11.9. The summed E-state index contributed by atoms with van der Waals surface area (Å²) in [5.74, 6) is -0.964. The van der Waals surface area contributed by atoms with Gasteiger partial charge in [-0.3, -0.25) is 14.9 Å². The number of non-ortho nitro benzene ring substituents is 1. The zero-order valence-electron chi connectivity index (χ0n) is 17.8. The molecular formula is C21H21FN4O5S. The first kappa shape index (κ1) is 23.1. The number of hydrogen-bond acceptors (Lipinski definition) is 6. The minimum Gasteiger partial charge on any atom is -0.306 e. The van der Waals surface area contributed by atoms with Gasteiger partial charge in [-0.25, -0.2) is 17.5 Å². The lowest BCUT2D eigenvalue weighted by atomic mass is 9.92. The Kier molecular flexibility index (Phi) is 5.88. The zero-order chi connectivity index (χ0) is 23.8. The van der Waals surface area contributed by atoms with Crippen LogP contribution in [0.1, 0.15) is 36.8 Å². The number of nitrogens with zero attached hydrogens (tertiary/aromatic N) is 3. The van der Waals surface area contributed by atoms with Crippen LogP contribution in [0.5, 0.6) is 0 Å². The van der Waals surface area contributed by atoms with Gasteiger partial charge >= 0.3 is 0 Å². The maximum absolute atomic E-state index is 13.4. The molecule has 0 aliphatic carbocycles. The van der Waals surface area contributed by atoms with Gasteiger partial charge in [-0.2, -0.15) is 5.10 Å². The first-order chi connectivity index (χ1) is 14.8. The van der Waals surface area contributed by atoms with Gasteiger partial charge in [-0.05, 0) is 30.3 Å². The van der Waals surface area contributed by atoms with Crippen LogP contribution in [-0.2, 0) is 15.3 Å². The predicted molar refractivity (Wildman–Crippen MR) is 116 cm³/mol. The smallest absolute Gasteiger partial charge is 0.271 e. The van der Waals surface area contributed by atoms with E-state index >= 15 is 0 Å². The summed E-state index contributed by atoms with van der Waals surface area (Å²) in [7, 11) is -3.80. The molecule has 1 aromatic heterocycles. The predicted octanol–water partition coefficient (Wildman–Crippen LogP) is 3.87. The van der Waals surface area contributed by atoms with Crippen LogP contribution >= 0.6 is 0 Å². The summed E-state index contributed by atoms with van der Waals surface area (Å²) in [6, 6.07) is 10.1. The van der Waals surface area contributed by atoms with Gasteiger partial charge in [-0.15, -0.1) is 0 Å². The fourth-order valence-electron chi connectivity index (χ4n) is 2.84. The maximum Gasteiger partial charge on any atom is 0.271 e. The summed E-state index contributed by atoms with van der Waals surface area (Å²) >= 11 is 0. The summed E-state index contributed by atoms with van der Waals surface area (Å²) < 4.78 is 38.6. The number of aromatic nitrogens is 2. The first-order valence-electron chi connectivity index (χ1n) is 9.43. The molecule has 0 radical (unpaired) electrons. The lowest BCUT2D eigenvalue weighted by Gasteiger charge is -2.14. The monoisotopic (exact) mass is 460 g/mol. The van der Waals surface area contributed by atoms with Crippen molar-refractivity contribution in [1.29, 1.82) is 0 Å². The Balaban J connectivity index is 2.08. The fourth-order valence-corrected chi connectivity index (χ4v) is 3.51. The van der Waals surface area contributed by atoms with Crippen molar-refractivity contribution in [3.63, 3.8) is 0 Å².